The Morgan fingerprint density at radius 1 is 1.22 bits per heavy atom. The summed E-state index contributed by atoms with van der Waals surface area (Å²) in [6.07, 6.45) is -1.00. The van der Waals surface area contributed by atoms with Crippen molar-refractivity contribution in [2.45, 2.75) is 10.3 Å². The quantitative estimate of drug-likeness (QED) is 0.836. The Labute approximate surface area is 142 Å². The van der Waals surface area contributed by atoms with E-state index in [4.69, 9.17) is 21.1 Å². The van der Waals surface area contributed by atoms with Crippen LogP contribution in [-0.4, -0.2) is 33.3 Å². The van der Waals surface area contributed by atoms with E-state index in [2.05, 4.69) is 4.72 Å². The molecule has 23 heavy (non-hydrogen) atoms. The molecule has 1 atom stereocenters. The van der Waals surface area contributed by atoms with E-state index in [1.54, 1.807) is 18.2 Å². The molecule has 0 aliphatic carbocycles. The molecule has 1 aromatic carbocycles. The lowest BCUT2D eigenvalue weighted by atomic mass is 10.1. The molecule has 0 saturated carbocycles. The number of ether oxygens (including phenoxy) is 2. The molecule has 6 nitrogen and oxygen atoms in total. The largest absolute Gasteiger partial charge is 0.486 e. The second-order valence-corrected chi connectivity index (χ2v) is 8.54. The minimum absolute atomic E-state index is 0.108. The van der Waals surface area contributed by atoms with Gasteiger partial charge < -0.3 is 14.6 Å². The lowest BCUT2D eigenvalue weighted by Gasteiger charge is -2.20. The van der Waals surface area contributed by atoms with Crippen LogP contribution in [0.2, 0.25) is 4.34 Å². The van der Waals surface area contributed by atoms with Gasteiger partial charge in [0, 0.05) is 6.54 Å². The Kier molecular flexibility index (Phi) is 4.79. The van der Waals surface area contributed by atoms with Crippen LogP contribution < -0.4 is 14.2 Å². The van der Waals surface area contributed by atoms with Gasteiger partial charge >= 0.3 is 0 Å². The molecule has 0 amide bonds. The van der Waals surface area contributed by atoms with E-state index >= 15 is 0 Å². The first-order chi connectivity index (χ1) is 11.0. The van der Waals surface area contributed by atoms with Crippen molar-refractivity contribution in [2.75, 3.05) is 19.8 Å². The van der Waals surface area contributed by atoms with Gasteiger partial charge in [-0.2, -0.15) is 0 Å². The maximum atomic E-state index is 12.1. The summed E-state index contributed by atoms with van der Waals surface area (Å²) >= 11 is 6.70. The highest BCUT2D eigenvalue weighted by Crippen LogP contribution is 2.32. The van der Waals surface area contributed by atoms with Gasteiger partial charge in [0.15, 0.2) is 11.5 Å². The molecule has 2 heterocycles. The van der Waals surface area contributed by atoms with Gasteiger partial charge in [-0.15, -0.1) is 11.3 Å². The lowest BCUT2D eigenvalue weighted by molar-refractivity contribution is 0.165. The number of aliphatic hydroxyl groups excluding tert-OH is 1. The third kappa shape index (κ3) is 3.78. The molecule has 1 aromatic heterocycles. The second-order valence-electron chi connectivity index (χ2n) is 4.83. The summed E-state index contributed by atoms with van der Waals surface area (Å²) in [5.74, 6) is 1.15. The number of halogens is 1. The van der Waals surface area contributed by atoms with Gasteiger partial charge in [0.05, 0.1) is 10.4 Å². The van der Waals surface area contributed by atoms with Gasteiger partial charge in [-0.1, -0.05) is 17.7 Å². The number of sulfonamides is 1. The molecular weight excluding hydrogens is 362 g/mol. The van der Waals surface area contributed by atoms with Gasteiger partial charge in [-0.25, -0.2) is 13.1 Å². The Hall–Kier alpha value is -1.32. The van der Waals surface area contributed by atoms with E-state index < -0.39 is 16.1 Å². The Balaban J connectivity index is 1.68. The van der Waals surface area contributed by atoms with E-state index in [9.17, 15) is 13.5 Å². The molecule has 1 aliphatic rings. The van der Waals surface area contributed by atoms with Crippen molar-refractivity contribution in [2.24, 2.45) is 0 Å². The zero-order valence-electron chi connectivity index (χ0n) is 11.9. The summed E-state index contributed by atoms with van der Waals surface area (Å²) in [7, 11) is -3.69. The third-order valence-corrected chi connectivity index (χ3v) is 6.38. The molecule has 0 saturated heterocycles. The van der Waals surface area contributed by atoms with Gasteiger partial charge in [-0.3, -0.25) is 0 Å². The summed E-state index contributed by atoms with van der Waals surface area (Å²) in [4.78, 5) is 0. The number of fused-ring (bicyclic) bond motifs is 1. The summed E-state index contributed by atoms with van der Waals surface area (Å²) in [5.41, 5.74) is 0.543. The zero-order valence-corrected chi connectivity index (χ0v) is 14.2. The maximum Gasteiger partial charge on any atom is 0.250 e. The van der Waals surface area contributed by atoms with E-state index in [1.807, 2.05) is 0 Å². The Morgan fingerprint density at radius 2 is 1.96 bits per heavy atom. The average molecular weight is 376 g/mol. The fraction of sp³-hybridized carbons (Fsp3) is 0.286. The van der Waals surface area contributed by atoms with Gasteiger partial charge in [0.2, 0.25) is 10.0 Å². The molecule has 1 aliphatic heterocycles. The van der Waals surface area contributed by atoms with Crippen LogP contribution in [0.1, 0.15) is 11.7 Å². The molecule has 0 bridgehead atoms. The summed E-state index contributed by atoms with van der Waals surface area (Å²) < 4.78 is 37.9. The molecule has 2 aromatic rings. The zero-order chi connectivity index (χ0) is 16.4. The number of hydrogen-bond acceptors (Lipinski definition) is 6. The van der Waals surface area contributed by atoms with Crippen LogP contribution in [0.15, 0.2) is 34.5 Å². The topological polar surface area (TPSA) is 84.9 Å². The molecule has 3 rings (SSSR count). The standard InChI is InChI=1S/C14H14ClNO5S2/c15-13-3-4-14(22-13)23(18,19)16-8-10(17)9-1-2-11-12(7-9)21-6-5-20-11/h1-4,7,10,16-17H,5-6,8H2/t10-/m1/s1. The highest BCUT2D eigenvalue weighted by atomic mass is 35.5. The second kappa shape index (κ2) is 6.66. The fourth-order valence-corrected chi connectivity index (χ4v) is 4.65. The van der Waals surface area contributed by atoms with Crippen LogP contribution in [-0.2, 0) is 10.0 Å². The fourth-order valence-electron chi connectivity index (χ4n) is 2.09. The van der Waals surface area contributed by atoms with Crippen LogP contribution in [0.25, 0.3) is 0 Å². The van der Waals surface area contributed by atoms with Crippen molar-refractivity contribution < 1.29 is 23.0 Å². The highest BCUT2D eigenvalue weighted by Gasteiger charge is 2.20. The number of aliphatic hydroxyl groups is 1. The third-order valence-electron chi connectivity index (χ3n) is 3.23. The monoisotopic (exact) mass is 375 g/mol. The molecule has 2 N–H and O–H groups in total. The van der Waals surface area contributed by atoms with Crippen molar-refractivity contribution in [1.29, 1.82) is 0 Å². The molecule has 0 radical (unpaired) electrons. The number of benzene rings is 1. The molecule has 0 fully saturated rings. The van der Waals surface area contributed by atoms with Crippen molar-refractivity contribution in [3.8, 4) is 11.5 Å². The molecular formula is C14H14ClNO5S2. The molecule has 0 unspecified atom stereocenters. The minimum Gasteiger partial charge on any atom is -0.486 e. The van der Waals surface area contributed by atoms with Crippen LogP contribution in [0.3, 0.4) is 0 Å². The Bertz CT molecular complexity index is 805. The minimum atomic E-state index is -3.69. The van der Waals surface area contributed by atoms with Gasteiger partial charge in [0.25, 0.3) is 0 Å². The summed E-state index contributed by atoms with van der Waals surface area (Å²) in [6, 6.07) is 7.95. The SMILES string of the molecule is O=S(=O)(NC[C@@H](O)c1ccc2c(c1)OCCO2)c1ccc(Cl)s1. The number of nitrogens with one attached hydrogen (secondary N) is 1. The molecule has 9 heteroatoms. The van der Waals surface area contributed by atoms with Crippen LogP contribution in [0, 0.1) is 0 Å². The first kappa shape index (κ1) is 16.5. The van der Waals surface area contributed by atoms with Crippen molar-refractivity contribution in [3.63, 3.8) is 0 Å². The van der Waals surface area contributed by atoms with E-state index in [0.717, 1.165) is 11.3 Å². The number of rotatable bonds is 5. The highest BCUT2D eigenvalue weighted by molar-refractivity contribution is 7.91. The lowest BCUT2D eigenvalue weighted by Crippen LogP contribution is -2.28. The predicted octanol–water partition coefficient (Wildman–Crippen LogP) is 2.18. The van der Waals surface area contributed by atoms with E-state index in [0.29, 0.717) is 34.6 Å². The Morgan fingerprint density at radius 3 is 2.65 bits per heavy atom. The van der Waals surface area contributed by atoms with Crippen molar-refractivity contribution in [3.05, 3.63) is 40.2 Å². The van der Waals surface area contributed by atoms with Crippen LogP contribution in [0.5, 0.6) is 11.5 Å². The average Bonchev–Trinajstić information content (AvgIpc) is 2.99. The summed E-state index contributed by atoms with van der Waals surface area (Å²) in [6.45, 7) is 0.772. The van der Waals surface area contributed by atoms with Gasteiger partial charge in [0.1, 0.15) is 17.4 Å². The number of hydrogen-bond donors (Lipinski definition) is 2. The molecule has 124 valence electrons. The van der Waals surface area contributed by atoms with E-state index in [1.165, 1.54) is 12.1 Å². The summed E-state index contributed by atoms with van der Waals surface area (Å²) in [5, 5.41) is 10.2. The van der Waals surface area contributed by atoms with Crippen LogP contribution in [0.4, 0.5) is 0 Å². The number of thiophene rings is 1. The van der Waals surface area contributed by atoms with Crippen molar-refractivity contribution >= 4 is 33.0 Å². The predicted molar refractivity (Wildman–Crippen MR) is 86.9 cm³/mol. The first-order valence-electron chi connectivity index (χ1n) is 6.78. The normalized spacial score (nSPS) is 15.4. The van der Waals surface area contributed by atoms with Crippen LogP contribution >= 0.6 is 22.9 Å². The maximum absolute atomic E-state index is 12.1. The smallest absolute Gasteiger partial charge is 0.250 e. The van der Waals surface area contributed by atoms with Gasteiger partial charge in [-0.05, 0) is 29.8 Å². The molecule has 0 spiro atoms. The van der Waals surface area contributed by atoms with Crippen molar-refractivity contribution in [1.82, 2.24) is 4.72 Å². The first-order valence-corrected chi connectivity index (χ1v) is 9.46. The van der Waals surface area contributed by atoms with E-state index in [-0.39, 0.29) is 10.8 Å².